The number of H-pyrrole nitrogens is 3. The van der Waals surface area contributed by atoms with Crippen LogP contribution in [-0.2, 0) is 62.4 Å². The Balaban J connectivity index is 1.02. The molecule has 0 bridgehead atoms. The molecular weight excluding hydrogens is 1310 g/mol. The zero-order valence-electron chi connectivity index (χ0n) is 59.9. The highest BCUT2D eigenvalue weighted by Crippen LogP contribution is 2.37. The van der Waals surface area contributed by atoms with E-state index in [4.69, 9.17) is 31.4 Å². The Morgan fingerprint density at radius 3 is 0.864 bits per heavy atom. The number of aromatic amines is 3. The maximum atomic E-state index is 14.7. The van der Waals surface area contributed by atoms with Gasteiger partial charge in [-0.2, -0.15) is 0 Å². The molecule has 24 heteroatoms. The molecule has 0 fully saturated rings. The second kappa shape index (κ2) is 33.7. The SMILES string of the molecule is COc1ccc2[nH]c(C)c(CC(=O)[C@](N)(CCCCNC(C)=O)C(=O)Nc3ccc(C(c4ccc(NC(=O)[C@@](N)(CCCCNC(C)=O)C(=O)Cc5c(C)[nH]c6ccc(OC)cc56)cc4)c4ccc(NC(=O)[C@@](N)(CCCCNC(C)=O)C(=O)Cc5c(C)[nH]c6ccc(OC)cc56)cc4)cc3)c2c1. The monoisotopic (exact) mass is 1400 g/mol. The maximum absolute atomic E-state index is 14.7. The molecule has 0 aliphatic carbocycles. The lowest BCUT2D eigenvalue weighted by Crippen LogP contribution is -2.58. The Morgan fingerprint density at radius 2 is 0.631 bits per heavy atom. The summed E-state index contributed by atoms with van der Waals surface area (Å²) >= 11 is 0. The molecule has 103 heavy (non-hydrogen) atoms. The largest absolute Gasteiger partial charge is 0.497 e. The number of aromatic nitrogens is 3. The van der Waals surface area contributed by atoms with Crippen molar-refractivity contribution in [2.24, 2.45) is 17.2 Å². The molecular formula is C79H94N12O12. The summed E-state index contributed by atoms with van der Waals surface area (Å²) in [6.45, 7) is 10.8. The van der Waals surface area contributed by atoms with Crippen LogP contribution in [-0.4, -0.2) is 125 Å². The Morgan fingerprint density at radius 1 is 0.379 bits per heavy atom. The van der Waals surface area contributed by atoms with Crippen molar-refractivity contribution in [1.82, 2.24) is 30.9 Å². The number of rotatable bonds is 36. The number of fused-ring (bicyclic) bond motifs is 3. The number of nitrogens with one attached hydrogen (secondary N) is 9. The summed E-state index contributed by atoms with van der Waals surface area (Å²) in [4.78, 5) is 133. The van der Waals surface area contributed by atoms with Gasteiger partial charge in [0.25, 0.3) is 17.7 Å². The normalized spacial score (nSPS) is 13.1. The summed E-state index contributed by atoms with van der Waals surface area (Å²) in [6.07, 6.45) is 1.81. The summed E-state index contributed by atoms with van der Waals surface area (Å²) in [5.41, 5.74) is 24.8. The standard InChI is InChI=1S/C79H94N12O12/c1-46-61(64-40-58(101-7)28-31-67(64)86-46)43-70(95)77(80,34-10-13-37-83-49(4)92)74(98)89-55-22-16-52(17-23-55)73(53-18-24-56(25-19-53)90-75(99)78(81,35-11-14-38-84-50(5)93)71(96)44-62-47(2)87-68-32-29-59(102-8)41-65(62)68)54-20-26-57(27-21-54)91-76(100)79(82,36-12-15-39-85-51(6)94)72(97)45-63-48(3)88-69-33-30-60(103-9)42-66(63)69/h16-33,40-42,73,86-88H,10-15,34-39,43-45,80-82H2,1-9H3,(H,83,92)(H,84,93)(H,85,94)(H,89,98)(H,90,99)(H,91,100)/t77-,78-,79-/m1/s1. The minimum absolute atomic E-state index is 0.0263. The number of carbonyl (C=O) groups excluding carboxylic acids is 9. The first kappa shape index (κ1) is 76.2. The minimum Gasteiger partial charge on any atom is -0.497 e. The van der Waals surface area contributed by atoms with Gasteiger partial charge in [0.1, 0.15) is 17.2 Å². The summed E-state index contributed by atoms with van der Waals surface area (Å²) < 4.78 is 16.5. The van der Waals surface area contributed by atoms with Gasteiger partial charge in [-0.15, -0.1) is 0 Å². The number of hydrogen-bond acceptors (Lipinski definition) is 15. The lowest BCUT2D eigenvalue weighted by atomic mass is 9.83. The van der Waals surface area contributed by atoms with Gasteiger partial charge in [-0.3, -0.25) is 43.2 Å². The van der Waals surface area contributed by atoms with Gasteiger partial charge < -0.3 is 78.3 Å². The third-order valence-corrected chi connectivity index (χ3v) is 19.3. The number of ketones is 3. The quantitative estimate of drug-likeness (QED) is 0.00988. The lowest BCUT2D eigenvalue weighted by Gasteiger charge is -2.28. The van der Waals surface area contributed by atoms with Gasteiger partial charge in [-0.1, -0.05) is 36.4 Å². The molecule has 0 aliphatic heterocycles. The Kier molecular flexibility index (Phi) is 24.9. The summed E-state index contributed by atoms with van der Waals surface area (Å²) in [6, 6.07) is 37.6. The van der Waals surface area contributed by atoms with E-state index in [1.54, 1.807) is 57.7 Å². The first-order valence-corrected chi connectivity index (χ1v) is 34.6. The molecule has 24 nitrogen and oxygen atoms in total. The predicted octanol–water partition coefficient (Wildman–Crippen LogP) is 9.52. The topological polar surface area (TPSA) is 379 Å². The number of ether oxygens (including phenoxy) is 3. The molecule has 6 amide bonds. The molecule has 6 aromatic carbocycles. The van der Waals surface area contributed by atoms with Crippen molar-refractivity contribution in [2.45, 2.75) is 141 Å². The zero-order valence-corrected chi connectivity index (χ0v) is 59.9. The van der Waals surface area contributed by atoms with Crippen molar-refractivity contribution in [3.63, 3.8) is 0 Å². The van der Waals surface area contributed by atoms with Crippen molar-refractivity contribution in [1.29, 1.82) is 0 Å². The average Bonchev–Trinajstić information content (AvgIpc) is 1.76. The summed E-state index contributed by atoms with van der Waals surface area (Å²) in [5, 5.41) is 19.3. The number of amides is 6. The second-order valence-electron chi connectivity index (χ2n) is 26.6. The number of methoxy groups -OCH3 is 3. The van der Waals surface area contributed by atoms with E-state index in [9.17, 15) is 43.2 Å². The third kappa shape index (κ3) is 18.2. The smallest absolute Gasteiger partial charge is 0.252 e. The van der Waals surface area contributed by atoms with Crippen molar-refractivity contribution in [3.05, 3.63) is 178 Å². The number of unbranched alkanes of at least 4 members (excludes halogenated alkanes) is 3. The van der Waals surface area contributed by atoms with Crippen LogP contribution >= 0.6 is 0 Å². The predicted molar refractivity (Wildman–Crippen MR) is 399 cm³/mol. The molecule has 0 radical (unpaired) electrons. The summed E-state index contributed by atoms with van der Waals surface area (Å²) in [5.74, 6) is -3.16. The number of benzene rings is 6. The van der Waals surface area contributed by atoms with Crippen molar-refractivity contribution >= 4 is 103 Å². The van der Waals surface area contributed by atoms with Crippen LogP contribution in [0.5, 0.6) is 17.2 Å². The average molecular weight is 1400 g/mol. The van der Waals surface area contributed by atoms with E-state index in [0.717, 1.165) is 66.5 Å². The van der Waals surface area contributed by atoms with Gasteiger partial charge in [0, 0.05) is 132 Å². The molecule has 3 heterocycles. The number of carbonyl (C=O) groups is 9. The molecule has 0 spiro atoms. The fourth-order valence-corrected chi connectivity index (χ4v) is 13.2. The molecule has 0 aliphatic rings. The van der Waals surface area contributed by atoms with E-state index in [2.05, 4.69) is 46.9 Å². The first-order valence-electron chi connectivity index (χ1n) is 34.6. The Hall–Kier alpha value is -11.0. The highest BCUT2D eigenvalue weighted by Gasteiger charge is 2.44. The van der Waals surface area contributed by atoms with Crippen LogP contribution < -0.4 is 63.3 Å². The third-order valence-electron chi connectivity index (χ3n) is 19.3. The molecule has 0 saturated carbocycles. The van der Waals surface area contributed by atoms with Crippen LogP contribution in [0.15, 0.2) is 127 Å². The molecule has 542 valence electrons. The van der Waals surface area contributed by atoms with Gasteiger partial charge in [0.15, 0.2) is 34.0 Å². The van der Waals surface area contributed by atoms with E-state index >= 15 is 0 Å². The number of Topliss-reactive ketones (excluding diaryl/α,β-unsaturated/α-hetero) is 3. The van der Waals surface area contributed by atoms with Crippen LogP contribution in [0.1, 0.15) is 135 Å². The fraction of sp³-hybridized carbons (Fsp3) is 0.354. The van der Waals surface area contributed by atoms with Crippen molar-refractivity contribution in [3.8, 4) is 17.2 Å². The molecule has 0 unspecified atom stereocenters. The van der Waals surface area contributed by atoms with Gasteiger partial charge in [0.2, 0.25) is 17.7 Å². The number of aryl methyl sites for hydroxylation is 3. The number of anilines is 3. The highest BCUT2D eigenvalue weighted by atomic mass is 16.5. The first-order chi connectivity index (χ1) is 49.2. The van der Waals surface area contributed by atoms with Gasteiger partial charge in [-0.25, -0.2) is 0 Å². The second-order valence-corrected chi connectivity index (χ2v) is 26.6. The highest BCUT2D eigenvalue weighted by molar-refractivity contribution is 6.18. The Bertz CT molecular complexity index is 4160. The van der Waals surface area contributed by atoms with Crippen LogP contribution in [0.3, 0.4) is 0 Å². The van der Waals surface area contributed by atoms with E-state index in [-0.39, 0.29) is 56.2 Å². The fourth-order valence-electron chi connectivity index (χ4n) is 13.2. The van der Waals surface area contributed by atoms with E-state index in [1.165, 1.54) is 20.8 Å². The van der Waals surface area contributed by atoms with Crippen LogP contribution in [0.4, 0.5) is 17.1 Å². The molecule has 15 N–H and O–H groups in total. The van der Waals surface area contributed by atoms with Crippen LogP contribution in [0.25, 0.3) is 32.7 Å². The van der Waals surface area contributed by atoms with E-state index in [0.29, 0.717) is 109 Å². The van der Waals surface area contributed by atoms with Gasteiger partial charge in [-0.05, 0) is 203 Å². The summed E-state index contributed by atoms with van der Waals surface area (Å²) in [7, 11) is 4.66. The van der Waals surface area contributed by atoms with Crippen molar-refractivity contribution in [2.75, 3.05) is 56.9 Å². The van der Waals surface area contributed by atoms with Crippen molar-refractivity contribution < 1.29 is 57.4 Å². The van der Waals surface area contributed by atoms with Gasteiger partial charge in [0.05, 0.1) is 21.3 Å². The molecule has 9 rings (SSSR count). The number of nitrogens with two attached hydrogens (primary N) is 3. The molecule has 9 aromatic rings. The molecule has 3 aromatic heterocycles. The van der Waals surface area contributed by atoms with Gasteiger partial charge >= 0.3 is 0 Å². The van der Waals surface area contributed by atoms with Crippen LogP contribution in [0.2, 0.25) is 0 Å². The van der Waals surface area contributed by atoms with E-state index < -0.39 is 57.6 Å². The number of hydrogen-bond donors (Lipinski definition) is 12. The zero-order chi connectivity index (χ0) is 74.3. The molecule has 0 saturated heterocycles. The van der Waals surface area contributed by atoms with E-state index in [1.807, 2.05) is 112 Å². The van der Waals surface area contributed by atoms with Crippen LogP contribution in [0, 0.1) is 20.8 Å². The minimum atomic E-state index is -2.01. The Labute approximate surface area is 598 Å². The lowest BCUT2D eigenvalue weighted by molar-refractivity contribution is -0.134. The maximum Gasteiger partial charge on any atom is 0.252 e. The molecule has 3 atom stereocenters.